The quantitative estimate of drug-likeness (QED) is 0.127. The molecule has 7 heterocycles. The molecule has 290 valence electrons. The van der Waals surface area contributed by atoms with Crippen LogP contribution in [0.4, 0.5) is 56.9 Å². The highest BCUT2D eigenvalue weighted by atomic mass is 16.3. The van der Waals surface area contributed by atoms with E-state index in [1.165, 1.54) is 16.4 Å². The van der Waals surface area contributed by atoms with Crippen molar-refractivity contribution in [1.82, 2.24) is 4.98 Å². The molecule has 0 amide bonds. The largest absolute Gasteiger partial charge is 0.456 e. The number of hydrogen-bond acceptors (Lipinski definition) is 8. The second-order valence-corrected chi connectivity index (χ2v) is 16.1. The lowest BCUT2D eigenvalue weighted by atomic mass is 9.32. The first-order valence-corrected chi connectivity index (χ1v) is 20.8. The van der Waals surface area contributed by atoms with Gasteiger partial charge in [0.1, 0.15) is 33.5 Å². The number of pyridine rings is 1. The predicted octanol–water partition coefficient (Wildman–Crippen LogP) is 12.9. The lowest BCUT2D eigenvalue weighted by Crippen LogP contribution is -2.64. The van der Waals surface area contributed by atoms with E-state index in [1.54, 1.807) is 0 Å². The average Bonchev–Trinajstić information content (AvgIpc) is 3.99. The van der Waals surface area contributed by atoms with Crippen molar-refractivity contribution in [2.75, 3.05) is 14.7 Å². The third-order valence-corrected chi connectivity index (χ3v) is 13.0. The summed E-state index contributed by atoms with van der Waals surface area (Å²) in [7, 11) is 0. The van der Waals surface area contributed by atoms with Crippen LogP contribution in [0, 0.1) is 0 Å². The molecule has 0 spiro atoms. The fourth-order valence-electron chi connectivity index (χ4n) is 10.6. The van der Waals surface area contributed by atoms with E-state index in [0.29, 0.717) is 5.76 Å². The van der Waals surface area contributed by atoms with Crippen LogP contribution in [-0.4, -0.2) is 18.4 Å². The number of anilines is 9. The maximum absolute atomic E-state index is 6.34. The van der Waals surface area contributed by atoms with E-state index < -0.39 is 0 Å². The van der Waals surface area contributed by atoms with Gasteiger partial charge in [-0.05, 0) is 145 Å². The van der Waals surface area contributed by atoms with Crippen LogP contribution in [0.1, 0.15) is 12.7 Å². The van der Waals surface area contributed by atoms with Crippen molar-refractivity contribution in [3.8, 4) is 0 Å². The summed E-state index contributed by atoms with van der Waals surface area (Å²) in [4.78, 5) is 16.5. The Kier molecular flexibility index (Phi) is 6.57. The van der Waals surface area contributed by atoms with Crippen LogP contribution in [0.15, 0.2) is 176 Å². The van der Waals surface area contributed by atoms with Gasteiger partial charge in [-0.3, -0.25) is 9.98 Å². The van der Waals surface area contributed by atoms with Crippen molar-refractivity contribution in [1.29, 1.82) is 0 Å². The Labute approximate surface area is 354 Å². The zero-order valence-electron chi connectivity index (χ0n) is 33.3. The second-order valence-electron chi connectivity index (χ2n) is 16.1. The first-order valence-electron chi connectivity index (χ1n) is 20.8. The minimum absolute atomic E-state index is 0.0506. The van der Waals surface area contributed by atoms with Crippen LogP contribution in [0.5, 0.6) is 0 Å². The number of aromatic nitrogens is 1. The highest BCUT2D eigenvalue weighted by Crippen LogP contribution is 2.51. The normalized spacial score (nSPS) is 13.8. The Morgan fingerprint density at radius 2 is 0.984 bits per heavy atom. The maximum atomic E-state index is 6.34. The molecule has 0 aliphatic carbocycles. The number of para-hydroxylation sites is 1. The summed E-state index contributed by atoms with van der Waals surface area (Å²) in [6.45, 7) is 5.87. The van der Waals surface area contributed by atoms with E-state index in [1.807, 2.05) is 49.5 Å². The Morgan fingerprint density at radius 1 is 0.500 bits per heavy atom. The van der Waals surface area contributed by atoms with Gasteiger partial charge in [0.15, 0.2) is 11.3 Å². The molecular weight excluding hydrogens is 765 g/mol. The summed E-state index contributed by atoms with van der Waals surface area (Å²) in [5.41, 5.74) is 19.2. The molecule has 8 nitrogen and oxygen atoms in total. The number of aliphatic imine (C=N–C) groups is 1. The van der Waals surface area contributed by atoms with Crippen LogP contribution in [0.3, 0.4) is 0 Å². The van der Waals surface area contributed by atoms with Gasteiger partial charge in [-0.1, -0.05) is 42.5 Å². The Morgan fingerprint density at radius 3 is 1.56 bits per heavy atom. The second kappa shape index (κ2) is 12.1. The van der Waals surface area contributed by atoms with Gasteiger partial charge in [0, 0.05) is 78.9 Å². The van der Waals surface area contributed by atoms with Gasteiger partial charge in [-0.25, -0.2) is 0 Å². The van der Waals surface area contributed by atoms with Crippen LogP contribution < -0.4 is 31.1 Å². The number of hydrogen-bond donors (Lipinski definition) is 0. The van der Waals surface area contributed by atoms with E-state index in [4.69, 9.17) is 18.2 Å². The number of allylic oxidation sites excluding steroid dienone is 1. The van der Waals surface area contributed by atoms with Crippen molar-refractivity contribution in [3.63, 3.8) is 0 Å². The van der Waals surface area contributed by atoms with Gasteiger partial charge >= 0.3 is 0 Å². The molecule has 3 aliphatic rings. The summed E-state index contributed by atoms with van der Waals surface area (Å²) in [5, 5.41) is 4.06. The van der Waals surface area contributed by atoms with Gasteiger partial charge in [0.25, 0.3) is 6.71 Å². The Balaban J connectivity index is 1.07. The number of fused-ring (bicyclic) bond motifs is 7. The first-order chi connectivity index (χ1) is 30.7. The van der Waals surface area contributed by atoms with Gasteiger partial charge in [-0.15, -0.1) is 0 Å². The van der Waals surface area contributed by atoms with E-state index in [-0.39, 0.29) is 6.71 Å². The number of furan rings is 3. The minimum atomic E-state index is -0.0506. The van der Waals surface area contributed by atoms with Crippen LogP contribution in [0.2, 0.25) is 0 Å². The van der Waals surface area contributed by atoms with Gasteiger partial charge in [0.05, 0.1) is 0 Å². The van der Waals surface area contributed by atoms with Crippen molar-refractivity contribution in [3.05, 3.63) is 164 Å². The highest BCUT2D eigenvalue weighted by Gasteiger charge is 2.49. The standard InChI is InChI=1S/C53H32BN5O3/c1-3-10-47-52(55-2)35-28-31(21-24-45(35)61-47)58-39-14-6-12-37-49(39)54-50-38(57(37)30-20-23-44-34(27-30)33-11-4-5-18-43(33)60-44)13-7-16-41(50)59(42-17-8-15-40(58)51(42)54)32-22-25-46-36(29-32)53-48(62-46)19-9-26-56-53/h3-29H,2H2,1H3/b10-3-. The molecule has 11 aromatic rings. The van der Waals surface area contributed by atoms with Gasteiger partial charge < -0.3 is 28.0 Å². The summed E-state index contributed by atoms with van der Waals surface area (Å²) in [6.07, 6.45) is 5.73. The monoisotopic (exact) mass is 797 g/mol. The average molecular weight is 798 g/mol. The molecule has 0 radical (unpaired) electrons. The Bertz CT molecular complexity index is 3610. The molecule has 0 bridgehead atoms. The predicted molar refractivity (Wildman–Crippen MR) is 255 cm³/mol. The SMILES string of the molecule is C=Nc1c(/C=C\C)oc2ccc(N3c4cccc5c4B4c6c3cccc6N(c3ccc6oc7cccnc7c6c3)c3cccc(c34)N5c3ccc4oc5ccccc5c4c3)cc12. The zero-order valence-corrected chi connectivity index (χ0v) is 33.3. The fraction of sp³-hybridized carbons (Fsp3) is 0.0189. The number of nitrogens with zero attached hydrogens (tertiary/aromatic N) is 5. The third-order valence-electron chi connectivity index (χ3n) is 13.0. The molecule has 0 saturated heterocycles. The molecule has 62 heavy (non-hydrogen) atoms. The van der Waals surface area contributed by atoms with Crippen LogP contribution >= 0.6 is 0 Å². The van der Waals surface area contributed by atoms with E-state index in [9.17, 15) is 0 Å². The molecular formula is C53H32BN5O3. The summed E-state index contributed by atoms with van der Waals surface area (Å²) in [6, 6.07) is 51.8. The van der Waals surface area contributed by atoms with Crippen molar-refractivity contribution >= 4 is 148 Å². The number of benzene rings is 7. The van der Waals surface area contributed by atoms with Crippen molar-refractivity contribution < 1.29 is 13.3 Å². The lowest BCUT2D eigenvalue weighted by Gasteiger charge is -2.49. The molecule has 0 atom stereocenters. The van der Waals surface area contributed by atoms with E-state index in [2.05, 4.69) is 148 Å². The highest BCUT2D eigenvalue weighted by molar-refractivity contribution is 7.02. The molecule has 9 heteroatoms. The molecule has 14 rings (SSSR count). The smallest absolute Gasteiger partial charge is 0.257 e. The zero-order chi connectivity index (χ0) is 40.8. The van der Waals surface area contributed by atoms with Crippen LogP contribution in [-0.2, 0) is 0 Å². The molecule has 0 N–H and O–H groups in total. The lowest BCUT2D eigenvalue weighted by molar-refractivity contribution is 0.605. The molecule has 0 fully saturated rings. The topological polar surface area (TPSA) is 74.4 Å². The van der Waals surface area contributed by atoms with Gasteiger partial charge in [-0.2, -0.15) is 0 Å². The molecule has 0 unspecified atom stereocenters. The summed E-state index contributed by atoms with van der Waals surface area (Å²) in [5.74, 6) is 0.692. The third kappa shape index (κ3) is 4.31. The number of rotatable bonds is 5. The molecule has 3 aliphatic heterocycles. The summed E-state index contributed by atoms with van der Waals surface area (Å²) < 4.78 is 18.9. The van der Waals surface area contributed by atoms with Crippen molar-refractivity contribution in [2.45, 2.75) is 6.92 Å². The van der Waals surface area contributed by atoms with Crippen molar-refractivity contribution in [2.24, 2.45) is 4.99 Å². The molecule has 0 saturated carbocycles. The fourth-order valence-corrected chi connectivity index (χ4v) is 10.6. The van der Waals surface area contributed by atoms with E-state index in [0.717, 1.165) is 112 Å². The molecule has 4 aromatic heterocycles. The van der Waals surface area contributed by atoms with E-state index >= 15 is 0 Å². The minimum Gasteiger partial charge on any atom is -0.456 e. The maximum Gasteiger partial charge on any atom is 0.257 e. The van der Waals surface area contributed by atoms with Gasteiger partial charge in [0.2, 0.25) is 0 Å². The first kappa shape index (κ1) is 33.5. The Hall–Kier alpha value is -8.30. The van der Waals surface area contributed by atoms with Crippen LogP contribution in [0.25, 0.3) is 61.1 Å². The summed E-state index contributed by atoms with van der Waals surface area (Å²) >= 11 is 0. The molecule has 7 aromatic carbocycles.